The normalized spacial score (nSPS) is 11.4. The summed E-state index contributed by atoms with van der Waals surface area (Å²) in [5.74, 6) is 0. The fraction of sp³-hybridized carbons (Fsp3) is 0.846. The summed E-state index contributed by atoms with van der Waals surface area (Å²) < 4.78 is 0. The second kappa shape index (κ2) is 24.5. The molecule has 0 aliphatic rings. The van der Waals surface area contributed by atoms with Crippen LogP contribution in [0.3, 0.4) is 0 Å². The zero-order chi connectivity index (χ0) is 19.0. The Bertz CT molecular complexity index is 276. The van der Waals surface area contributed by atoms with Crippen LogP contribution in [0.4, 0.5) is 0 Å². The van der Waals surface area contributed by atoms with E-state index in [1.807, 2.05) is 6.08 Å². The first-order valence-electron chi connectivity index (χ1n) is 12.2. The molecule has 26 heavy (non-hydrogen) atoms. The van der Waals surface area contributed by atoms with Crippen molar-refractivity contribution in [3.63, 3.8) is 0 Å². The van der Waals surface area contributed by atoms with E-state index in [2.05, 4.69) is 25.7 Å². The van der Waals surface area contributed by atoms with Crippen LogP contribution in [0.1, 0.15) is 142 Å². The van der Waals surface area contributed by atoms with Gasteiger partial charge in [-0.25, -0.2) is 0 Å². The Labute approximate surface area is 166 Å². The largest absolute Gasteiger partial charge is 0.103 e. The molecule has 0 rings (SSSR count). The van der Waals surface area contributed by atoms with Crippen molar-refractivity contribution < 1.29 is 0 Å². The smallest absolute Gasteiger partial charge is 0.0351 e. The quantitative estimate of drug-likeness (QED) is 0.133. The maximum atomic E-state index is 3.78. The Hall–Kier alpha value is -0.520. The molecule has 0 fully saturated rings. The van der Waals surface area contributed by atoms with Crippen LogP contribution < -0.4 is 0 Å². The van der Waals surface area contributed by atoms with Crippen LogP contribution in [-0.4, -0.2) is 0 Å². The zero-order valence-corrected chi connectivity index (χ0v) is 18.3. The molecular weight excluding hydrogens is 312 g/mol. The molecule has 0 saturated heterocycles. The van der Waals surface area contributed by atoms with Gasteiger partial charge in [0.25, 0.3) is 0 Å². The van der Waals surface area contributed by atoms with Gasteiger partial charge in [0.15, 0.2) is 0 Å². The van der Waals surface area contributed by atoms with E-state index >= 15 is 0 Å². The molecule has 0 nitrogen and oxygen atoms in total. The first kappa shape index (κ1) is 25.5. The monoisotopic (exact) mass is 362 g/mol. The Morgan fingerprint density at radius 3 is 1.08 bits per heavy atom. The third-order valence-corrected chi connectivity index (χ3v) is 5.42. The number of rotatable bonds is 22. The standard InChI is InChI=1S/C26H50/c1-3-5-7-9-11-13-15-17-19-21-23-25-26-24-22-20-18-16-14-12-10-8-6-4-2/h3,25-26H,1,4-24H2,2H3. The molecule has 0 N–H and O–H groups in total. The van der Waals surface area contributed by atoms with E-state index in [0.717, 1.165) is 0 Å². The van der Waals surface area contributed by atoms with Gasteiger partial charge in [-0.3, -0.25) is 0 Å². The van der Waals surface area contributed by atoms with Crippen LogP contribution in [0.15, 0.2) is 24.8 Å². The van der Waals surface area contributed by atoms with Gasteiger partial charge in [0, 0.05) is 0 Å². The predicted octanol–water partition coefficient (Wildman–Crippen LogP) is 9.94. The molecule has 0 aromatic carbocycles. The van der Waals surface area contributed by atoms with Gasteiger partial charge in [0.1, 0.15) is 0 Å². The Morgan fingerprint density at radius 2 is 0.731 bits per heavy atom. The highest BCUT2D eigenvalue weighted by Crippen LogP contribution is 2.13. The van der Waals surface area contributed by atoms with Crippen molar-refractivity contribution in [1.82, 2.24) is 0 Å². The lowest BCUT2D eigenvalue weighted by atomic mass is 10.1. The molecule has 0 saturated carbocycles. The predicted molar refractivity (Wildman–Crippen MR) is 122 cm³/mol. The van der Waals surface area contributed by atoms with E-state index in [1.54, 1.807) is 0 Å². The lowest BCUT2D eigenvalue weighted by Crippen LogP contribution is -1.82. The van der Waals surface area contributed by atoms with Crippen molar-refractivity contribution in [2.24, 2.45) is 0 Å². The Morgan fingerprint density at radius 1 is 0.423 bits per heavy atom. The Kier molecular flexibility index (Phi) is 24.0. The van der Waals surface area contributed by atoms with Crippen LogP contribution in [-0.2, 0) is 0 Å². The van der Waals surface area contributed by atoms with Gasteiger partial charge in [0.05, 0.1) is 0 Å². The summed E-state index contributed by atoms with van der Waals surface area (Å²) in [7, 11) is 0. The molecule has 0 aliphatic heterocycles. The fourth-order valence-electron chi connectivity index (χ4n) is 3.60. The van der Waals surface area contributed by atoms with Crippen LogP contribution in [0, 0.1) is 0 Å². The SMILES string of the molecule is C=CCCCCCCCCCCC=CCCCCCCCCCCCC. The van der Waals surface area contributed by atoms with Gasteiger partial charge in [-0.2, -0.15) is 0 Å². The minimum atomic E-state index is 1.20. The summed E-state index contributed by atoms with van der Waals surface area (Å²) >= 11 is 0. The highest BCUT2D eigenvalue weighted by atomic mass is 14.0. The minimum Gasteiger partial charge on any atom is -0.103 e. The molecule has 0 radical (unpaired) electrons. The van der Waals surface area contributed by atoms with Crippen LogP contribution in [0.5, 0.6) is 0 Å². The van der Waals surface area contributed by atoms with E-state index in [1.165, 1.54) is 135 Å². The maximum absolute atomic E-state index is 3.78. The second-order valence-corrected chi connectivity index (χ2v) is 8.14. The third-order valence-electron chi connectivity index (χ3n) is 5.42. The third kappa shape index (κ3) is 23.5. The molecule has 0 atom stereocenters. The first-order valence-corrected chi connectivity index (χ1v) is 12.2. The average Bonchev–Trinajstić information content (AvgIpc) is 2.66. The number of allylic oxidation sites excluding steroid dienone is 3. The van der Waals surface area contributed by atoms with Crippen LogP contribution >= 0.6 is 0 Å². The average molecular weight is 363 g/mol. The summed E-state index contributed by atoms with van der Waals surface area (Å²) in [6.45, 7) is 6.07. The van der Waals surface area contributed by atoms with E-state index in [-0.39, 0.29) is 0 Å². The van der Waals surface area contributed by atoms with Gasteiger partial charge < -0.3 is 0 Å². The van der Waals surface area contributed by atoms with Crippen molar-refractivity contribution in [2.75, 3.05) is 0 Å². The van der Waals surface area contributed by atoms with Crippen LogP contribution in [0.25, 0.3) is 0 Å². The van der Waals surface area contributed by atoms with E-state index in [0.29, 0.717) is 0 Å². The molecule has 0 spiro atoms. The molecular formula is C26H50. The van der Waals surface area contributed by atoms with Crippen molar-refractivity contribution >= 4 is 0 Å². The summed E-state index contributed by atoms with van der Waals surface area (Å²) in [6, 6.07) is 0. The summed E-state index contributed by atoms with van der Waals surface area (Å²) in [5.41, 5.74) is 0. The number of hydrogen-bond donors (Lipinski definition) is 0. The van der Waals surface area contributed by atoms with Gasteiger partial charge in [-0.15, -0.1) is 6.58 Å². The number of unbranched alkanes of at least 4 members (excludes halogenated alkanes) is 19. The topological polar surface area (TPSA) is 0 Å². The molecule has 0 heteroatoms. The van der Waals surface area contributed by atoms with Gasteiger partial charge in [-0.1, -0.05) is 121 Å². The van der Waals surface area contributed by atoms with Gasteiger partial charge in [0.2, 0.25) is 0 Å². The molecule has 0 aromatic heterocycles. The summed E-state index contributed by atoms with van der Waals surface area (Å²) in [4.78, 5) is 0. The second-order valence-electron chi connectivity index (χ2n) is 8.14. The van der Waals surface area contributed by atoms with Gasteiger partial charge >= 0.3 is 0 Å². The van der Waals surface area contributed by atoms with Crippen molar-refractivity contribution in [3.05, 3.63) is 24.8 Å². The van der Waals surface area contributed by atoms with Gasteiger partial charge in [-0.05, 0) is 38.5 Å². The van der Waals surface area contributed by atoms with Crippen molar-refractivity contribution in [1.29, 1.82) is 0 Å². The molecule has 0 unspecified atom stereocenters. The zero-order valence-electron chi connectivity index (χ0n) is 18.3. The lowest BCUT2D eigenvalue weighted by Gasteiger charge is -2.01. The highest BCUT2D eigenvalue weighted by molar-refractivity contribution is 4.81. The van der Waals surface area contributed by atoms with Crippen molar-refractivity contribution in [2.45, 2.75) is 142 Å². The molecule has 0 aromatic rings. The van der Waals surface area contributed by atoms with Crippen LogP contribution in [0.2, 0.25) is 0 Å². The van der Waals surface area contributed by atoms with Crippen molar-refractivity contribution in [3.8, 4) is 0 Å². The maximum Gasteiger partial charge on any atom is -0.0351 e. The molecule has 154 valence electrons. The summed E-state index contributed by atoms with van der Waals surface area (Å²) in [5, 5.41) is 0. The van der Waals surface area contributed by atoms with E-state index in [9.17, 15) is 0 Å². The minimum absolute atomic E-state index is 1.20. The summed E-state index contributed by atoms with van der Waals surface area (Å²) in [6.07, 6.45) is 36.4. The van der Waals surface area contributed by atoms with E-state index < -0.39 is 0 Å². The molecule has 0 aliphatic carbocycles. The fourth-order valence-corrected chi connectivity index (χ4v) is 3.60. The molecule has 0 amide bonds. The lowest BCUT2D eigenvalue weighted by molar-refractivity contribution is 0.557. The molecule has 0 heterocycles. The molecule has 0 bridgehead atoms. The highest BCUT2D eigenvalue weighted by Gasteiger charge is 1.93. The Balaban J connectivity index is 3.05. The first-order chi connectivity index (χ1) is 12.9. The number of hydrogen-bond acceptors (Lipinski definition) is 0. The van der Waals surface area contributed by atoms with E-state index in [4.69, 9.17) is 0 Å².